The van der Waals surface area contributed by atoms with Crippen molar-refractivity contribution < 1.29 is 19.1 Å². The first-order chi connectivity index (χ1) is 15.3. The van der Waals surface area contributed by atoms with Crippen LogP contribution in [0.1, 0.15) is 48.4 Å². The number of ether oxygens (including phenoxy) is 1. The van der Waals surface area contributed by atoms with E-state index in [2.05, 4.69) is 15.2 Å². The maximum absolute atomic E-state index is 13.1. The van der Waals surface area contributed by atoms with Gasteiger partial charge in [-0.3, -0.25) is 19.3 Å². The van der Waals surface area contributed by atoms with Crippen molar-refractivity contribution in [1.82, 2.24) is 9.88 Å². The molecule has 32 heavy (non-hydrogen) atoms. The predicted molar refractivity (Wildman–Crippen MR) is 121 cm³/mol. The van der Waals surface area contributed by atoms with E-state index >= 15 is 0 Å². The lowest BCUT2D eigenvalue weighted by molar-refractivity contribution is -0.121. The Balaban J connectivity index is 1.50. The number of morpholine rings is 1. The molecule has 1 fully saturated rings. The van der Waals surface area contributed by atoms with E-state index in [1.54, 1.807) is 36.5 Å². The summed E-state index contributed by atoms with van der Waals surface area (Å²) in [7, 11) is 0. The van der Waals surface area contributed by atoms with Crippen LogP contribution in [-0.4, -0.2) is 58.9 Å². The number of imide groups is 1. The fraction of sp³-hybridized carbons (Fsp3) is 0.417. The van der Waals surface area contributed by atoms with E-state index in [1.165, 1.54) is 0 Å². The molecule has 2 aromatic rings. The number of rotatable bonds is 5. The third-order valence-electron chi connectivity index (χ3n) is 5.76. The summed E-state index contributed by atoms with van der Waals surface area (Å²) in [5.74, 6) is -0.754. The Hall–Kier alpha value is -3.26. The molecule has 4 rings (SSSR count). The minimum atomic E-state index is -0.928. The van der Waals surface area contributed by atoms with Crippen LogP contribution in [0.4, 0.5) is 11.5 Å². The van der Waals surface area contributed by atoms with Gasteiger partial charge in [-0.15, -0.1) is 0 Å². The van der Waals surface area contributed by atoms with Gasteiger partial charge in [0.1, 0.15) is 11.9 Å². The summed E-state index contributed by atoms with van der Waals surface area (Å²) >= 11 is 0. The first-order valence-corrected chi connectivity index (χ1v) is 10.9. The van der Waals surface area contributed by atoms with Gasteiger partial charge in [-0.2, -0.15) is 0 Å². The summed E-state index contributed by atoms with van der Waals surface area (Å²) in [6.07, 6.45) is 1.83. The second kappa shape index (κ2) is 8.70. The summed E-state index contributed by atoms with van der Waals surface area (Å²) in [6.45, 7) is 9.19. The molecular weight excluding hydrogens is 408 g/mol. The lowest BCUT2D eigenvalue weighted by Gasteiger charge is -2.36. The van der Waals surface area contributed by atoms with Gasteiger partial charge < -0.3 is 15.0 Å². The lowest BCUT2D eigenvalue weighted by Crippen LogP contribution is -2.50. The molecule has 8 heteroatoms. The Bertz CT molecular complexity index is 992. The van der Waals surface area contributed by atoms with E-state index in [4.69, 9.17) is 4.74 Å². The van der Waals surface area contributed by atoms with Gasteiger partial charge in [0.2, 0.25) is 5.91 Å². The van der Waals surface area contributed by atoms with Gasteiger partial charge in [0.25, 0.3) is 11.8 Å². The minimum Gasteiger partial charge on any atom is -0.372 e. The SMILES string of the molecule is CC1CN(c2ccc(NC(=O)C(C(C)C)N3C(=O)c4ccccc4C3=O)cn2)CC(C)O1. The lowest BCUT2D eigenvalue weighted by atomic mass is 10.0. The number of nitrogens with zero attached hydrogens (tertiary/aromatic N) is 3. The molecule has 0 bridgehead atoms. The molecule has 1 saturated heterocycles. The van der Waals surface area contributed by atoms with E-state index in [1.807, 2.05) is 33.8 Å². The van der Waals surface area contributed by atoms with Gasteiger partial charge in [-0.05, 0) is 44.0 Å². The molecule has 8 nitrogen and oxygen atoms in total. The van der Waals surface area contributed by atoms with Crippen molar-refractivity contribution >= 4 is 29.2 Å². The van der Waals surface area contributed by atoms with Crippen molar-refractivity contribution in [2.24, 2.45) is 5.92 Å². The number of amides is 3. The first kappa shape index (κ1) is 22.0. The van der Waals surface area contributed by atoms with Crippen LogP contribution in [0, 0.1) is 5.92 Å². The van der Waals surface area contributed by atoms with Gasteiger partial charge >= 0.3 is 0 Å². The molecule has 2 aliphatic heterocycles. The molecule has 1 aromatic carbocycles. The normalized spacial score (nSPS) is 21.7. The number of aromatic nitrogens is 1. The molecule has 3 atom stereocenters. The van der Waals surface area contributed by atoms with Gasteiger partial charge in [0.15, 0.2) is 0 Å². The maximum atomic E-state index is 13.1. The number of pyridine rings is 1. The van der Waals surface area contributed by atoms with Gasteiger partial charge in [-0.1, -0.05) is 26.0 Å². The number of benzene rings is 1. The molecular formula is C24H28N4O4. The summed E-state index contributed by atoms with van der Waals surface area (Å²) in [6, 6.07) is 9.35. The summed E-state index contributed by atoms with van der Waals surface area (Å²) in [4.78, 5) is 46.6. The van der Waals surface area contributed by atoms with Crippen LogP contribution in [0.5, 0.6) is 0 Å². The molecule has 0 aliphatic carbocycles. The molecule has 3 unspecified atom stereocenters. The van der Waals surface area contributed by atoms with Crippen molar-refractivity contribution in [1.29, 1.82) is 0 Å². The van der Waals surface area contributed by atoms with Crippen molar-refractivity contribution in [2.45, 2.75) is 45.9 Å². The highest BCUT2D eigenvalue weighted by atomic mass is 16.5. The summed E-state index contributed by atoms with van der Waals surface area (Å²) in [5.41, 5.74) is 1.17. The monoisotopic (exact) mass is 436 g/mol. The van der Waals surface area contributed by atoms with Gasteiger partial charge in [0.05, 0.1) is 35.2 Å². The third-order valence-corrected chi connectivity index (χ3v) is 5.76. The molecule has 0 spiro atoms. The zero-order chi connectivity index (χ0) is 23.0. The summed E-state index contributed by atoms with van der Waals surface area (Å²) < 4.78 is 5.77. The minimum absolute atomic E-state index is 0.117. The van der Waals surface area contributed by atoms with Crippen LogP contribution in [0.15, 0.2) is 42.6 Å². The van der Waals surface area contributed by atoms with Crippen LogP contribution >= 0.6 is 0 Å². The Morgan fingerprint density at radius 1 is 1.03 bits per heavy atom. The quantitative estimate of drug-likeness (QED) is 0.725. The molecule has 3 heterocycles. The van der Waals surface area contributed by atoms with E-state index in [0.717, 1.165) is 23.8 Å². The predicted octanol–water partition coefficient (Wildman–Crippen LogP) is 2.95. The Morgan fingerprint density at radius 2 is 1.62 bits per heavy atom. The van der Waals surface area contributed by atoms with E-state index < -0.39 is 23.8 Å². The number of carbonyl (C=O) groups is 3. The summed E-state index contributed by atoms with van der Waals surface area (Å²) in [5, 5.41) is 2.83. The van der Waals surface area contributed by atoms with E-state index in [-0.39, 0.29) is 18.1 Å². The highest BCUT2D eigenvalue weighted by Gasteiger charge is 2.43. The van der Waals surface area contributed by atoms with Crippen molar-refractivity contribution in [3.8, 4) is 0 Å². The van der Waals surface area contributed by atoms with Crippen molar-refractivity contribution in [3.63, 3.8) is 0 Å². The molecule has 1 aromatic heterocycles. The topological polar surface area (TPSA) is 91.8 Å². The van der Waals surface area contributed by atoms with Gasteiger partial charge in [0, 0.05) is 13.1 Å². The fourth-order valence-corrected chi connectivity index (χ4v) is 4.41. The number of nitrogens with one attached hydrogen (secondary N) is 1. The Kier molecular flexibility index (Phi) is 5.97. The average molecular weight is 437 g/mol. The molecule has 0 radical (unpaired) electrons. The fourth-order valence-electron chi connectivity index (χ4n) is 4.41. The van der Waals surface area contributed by atoms with Crippen LogP contribution in [0.3, 0.4) is 0 Å². The number of carbonyl (C=O) groups excluding carboxylic acids is 3. The zero-order valence-corrected chi connectivity index (χ0v) is 18.7. The Labute approximate surface area is 187 Å². The van der Waals surface area contributed by atoms with Crippen LogP contribution < -0.4 is 10.2 Å². The second-order valence-electron chi connectivity index (χ2n) is 8.77. The third kappa shape index (κ3) is 4.10. The number of hydrogen-bond donors (Lipinski definition) is 1. The first-order valence-electron chi connectivity index (χ1n) is 10.9. The van der Waals surface area contributed by atoms with Crippen LogP contribution in [0.25, 0.3) is 0 Å². The highest BCUT2D eigenvalue weighted by Crippen LogP contribution is 2.28. The highest BCUT2D eigenvalue weighted by molar-refractivity contribution is 6.23. The molecule has 168 valence electrons. The standard InChI is InChI=1S/C24H28N4O4/c1-14(2)21(28-23(30)18-7-5-6-8-19(18)24(28)31)22(29)26-17-9-10-20(25-11-17)27-12-15(3)32-16(4)13-27/h5-11,14-16,21H,12-13H2,1-4H3,(H,26,29). The maximum Gasteiger partial charge on any atom is 0.262 e. The van der Waals surface area contributed by atoms with E-state index in [9.17, 15) is 14.4 Å². The number of hydrogen-bond acceptors (Lipinski definition) is 6. The molecule has 2 aliphatic rings. The molecule has 1 N–H and O–H groups in total. The largest absolute Gasteiger partial charge is 0.372 e. The average Bonchev–Trinajstić information content (AvgIpc) is 2.99. The smallest absolute Gasteiger partial charge is 0.262 e. The number of anilines is 2. The van der Waals surface area contributed by atoms with Crippen LogP contribution in [0.2, 0.25) is 0 Å². The van der Waals surface area contributed by atoms with E-state index in [0.29, 0.717) is 16.8 Å². The van der Waals surface area contributed by atoms with Crippen molar-refractivity contribution in [3.05, 3.63) is 53.7 Å². The van der Waals surface area contributed by atoms with Gasteiger partial charge in [-0.25, -0.2) is 4.98 Å². The van der Waals surface area contributed by atoms with Crippen LogP contribution in [-0.2, 0) is 9.53 Å². The van der Waals surface area contributed by atoms with Crippen molar-refractivity contribution in [2.75, 3.05) is 23.3 Å². The number of fused-ring (bicyclic) bond motifs is 1. The second-order valence-corrected chi connectivity index (χ2v) is 8.77. The Morgan fingerprint density at radius 3 is 2.12 bits per heavy atom. The molecule has 3 amide bonds. The molecule has 0 saturated carbocycles. The zero-order valence-electron chi connectivity index (χ0n) is 18.7.